The normalized spacial score (nSPS) is 14.5. The van der Waals surface area contributed by atoms with Crippen molar-refractivity contribution in [2.75, 3.05) is 13.2 Å². The summed E-state index contributed by atoms with van der Waals surface area (Å²) in [5.74, 6) is -0.184. The monoisotopic (exact) mass is 594 g/mol. The van der Waals surface area contributed by atoms with Gasteiger partial charge in [-0.1, -0.05) is 12.8 Å². The Balaban J connectivity index is 2.12. The molecule has 6 nitrogen and oxygen atoms in total. The Labute approximate surface area is 185 Å². The Morgan fingerprint density at radius 2 is 1.93 bits per heavy atom. The van der Waals surface area contributed by atoms with Crippen molar-refractivity contribution >= 4 is 63.1 Å². The minimum absolute atomic E-state index is 0.0775. The molecule has 1 fully saturated rings. The second-order valence-electron chi connectivity index (χ2n) is 6.03. The number of nitrogens with one attached hydrogen (secondary N) is 1. The number of benzene rings is 1. The van der Waals surface area contributed by atoms with Crippen LogP contribution in [0.15, 0.2) is 17.7 Å². The van der Waals surface area contributed by atoms with Crippen LogP contribution in [0.1, 0.15) is 38.2 Å². The molecule has 1 amide bonds. The predicted molar refractivity (Wildman–Crippen MR) is 118 cm³/mol. The number of amides is 1. The van der Waals surface area contributed by atoms with Gasteiger partial charge in [-0.05, 0) is 88.7 Å². The Bertz CT molecular complexity index is 757. The van der Waals surface area contributed by atoms with Crippen molar-refractivity contribution in [1.29, 1.82) is 5.26 Å². The average molecular weight is 594 g/mol. The fourth-order valence-corrected chi connectivity index (χ4v) is 4.91. The van der Waals surface area contributed by atoms with Crippen molar-refractivity contribution in [3.8, 4) is 11.8 Å². The molecule has 1 N–H and O–H groups in total. The van der Waals surface area contributed by atoms with Crippen molar-refractivity contribution in [2.24, 2.45) is 0 Å². The molecule has 1 aliphatic rings. The van der Waals surface area contributed by atoms with E-state index in [9.17, 15) is 14.9 Å². The van der Waals surface area contributed by atoms with E-state index in [1.807, 2.05) is 18.2 Å². The van der Waals surface area contributed by atoms with Gasteiger partial charge in [0.05, 0.1) is 13.7 Å². The number of hydrogen-bond acceptors (Lipinski definition) is 5. The molecule has 0 aromatic heterocycles. The van der Waals surface area contributed by atoms with E-state index in [2.05, 4.69) is 50.5 Å². The van der Waals surface area contributed by atoms with Gasteiger partial charge >= 0.3 is 5.97 Å². The van der Waals surface area contributed by atoms with Gasteiger partial charge < -0.3 is 14.8 Å². The lowest BCUT2D eigenvalue weighted by Gasteiger charge is -2.12. The summed E-state index contributed by atoms with van der Waals surface area (Å²) in [7, 11) is 0. The number of rotatable bonds is 7. The van der Waals surface area contributed by atoms with Gasteiger partial charge in [0.1, 0.15) is 17.4 Å². The summed E-state index contributed by atoms with van der Waals surface area (Å²) in [6, 6.07) is 5.76. The van der Waals surface area contributed by atoms with Gasteiger partial charge in [0.15, 0.2) is 6.61 Å². The molecular weight excluding hydrogens is 574 g/mol. The molecule has 0 unspecified atom stereocenters. The number of hydrogen-bond donors (Lipinski definition) is 1. The highest BCUT2D eigenvalue weighted by molar-refractivity contribution is 14.1. The standard InChI is InChI=1S/C19H20I2N2O4/c1-2-26-17(24)11-27-18-15(20)8-12(9-16(18)21)7-13(10-22)19(25)23-14-5-3-4-6-14/h7-9,14H,2-6,11H2,1H3,(H,23,25)/b13-7-. The van der Waals surface area contributed by atoms with Gasteiger partial charge in [-0.2, -0.15) is 5.26 Å². The topological polar surface area (TPSA) is 88.4 Å². The number of nitrogens with zero attached hydrogens (tertiary/aromatic N) is 1. The summed E-state index contributed by atoms with van der Waals surface area (Å²) >= 11 is 4.20. The Morgan fingerprint density at radius 3 is 2.48 bits per heavy atom. The van der Waals surface area contributed by atoms with Crippen LogP contribution < -0.4 is 10.1 Å². The van der Waals surface area contributed by atoms with Crippen molar-refractivity contribution in [3.63, 3.8) is 0 Å². The molecular formula is C19H20I2N2O4. The van der Waals surface area contributed by atoms with E-state index in [4.69, 9.17) is 9.47 Å². The summed E-state index contributed by atoms with van der Waals surface area (Å²) < 4.78 is 12.0. The molecule has 144 valence electrons. The first-order chi connectivity index (χ1) is 12.9. The lowest BCUT2D eigenvalue weighted by atomic mass is 10.1. The Kier molecular flexibility index (Phi) is 8.82. The van der Waals surface area contributed by atoms with Crippen LogP contribution in [0.5, 0.6) is 5.75 Å². The van der Waals surface area contributed by atoms with Crippen molar-refractivity contribution in [1.82, 2.24) is 5.32 Å². The fraction of sp³-hybridized carbons (Fsp3) is 0.421. The third-order valence-electron chi connectivity index (χ3n) is 4.03. The van der Waals surface area contributed by atoms with Crippen LogP contribution in [0.25, 0.3) is 6.08 Å². The molecule has 1 aliphatic carbocycles. The van der Waals surface area contributed by atoms with E-state index in [1.54, 1.807) is 13.0 Å². The maximum Gasteiger partial charge on any atom is 0.344 e. The zero-order valence-electron chi connectivity index (χ0n) is 14.9. The zero-order chi connectivity index (χ0) is 19.8. The molecule has 27 heavy (non-hydrogen) atoms. The summed E-state index contributed by atoms with van der Waals surface area (Å²) in [6.07, 6.45) is 5.73. The highest BCUT2D eigenvalue weighted by atomic mass is 127. The first-order valence-corrected chi connectivity index (χ1v) is 10.8. The molecule has 0 saturated heterocycles. The number of esters is 1. The van der Waals surface area contributed by atoms with E-state index >= 15 is 0 Å². The molecule has 8 heteroatoms. The highest BCUT2D eigenvalue weighted by Gasteiger charge is 2.19. The second kappa shape index (κ2) is 10.8. The third kappa shape index (κ3) is 6.64. The maximum atomic E-state index is 12.3. The molecule has 2 rings (SSSR count). The number of carbonyl (C=O) groups is 2. The SMILES string of the molecule is CCOC(=O)COc1c(I)cc(/C=C(/C#N)C(=O)NC2CCCC2)cc1I. The van der Waals surface area contributed by atoms with E-state index < -0.39 is 5.97 Å². The molecule has 0 aliphatic heterocycles. The highest BCUT2D eigenvalue weighted by Crippen LogP contribution is 2.30. The van der Waals surface area contributed by atoms with Gasteiger partial charge in [0.2, 0.25) is 0 Å². The van der Waals surface area contributed by atoms with Crippen LogP contribution in [0.2, 0.25) is 0 Å². The Hall–Kier alpha value is -1.35. The van der Waals surface area contributed by atoms with Gasteiger partial charge in [-0.15, -0.1) is 0 Å². The van der Waals surface area contributed by atoms with Crippen LogP contribution in [0, 0.1) is 18.5 Å². The largest absolute Gasteiger partial charge is 0.480 e. The van der Waals surface area contributed by atoms with E-state index in [-0.39, 0.29) is 24.1 Å². The van der Waals surface area contributed by atoms with Crippen LogP contribution in [-0.2, 0) is 14.3 Å². The quantitative estimate of drug-likeness (QED) is 0.225. The fourth-order valence-electron chi connectivity index (χ4n) is 2.78. The zero-order valence-corrected chi connectivity index (χ0v) is 19.2. The average Bonchev–Trinajstić information content (AvgIpc) is 3.12. The molecule has 0 bridgehead atoms. The van der Waals surface area contributed by atoms with E-state index in [1.165, 1.54) is 0 Å². The Morgan fingerprint density at radius 1 is 1.30 bits per heavy atom. The second-order valence-corrected chi connectivity index (χ2v) is 8.36. The van der Waals surface area contributed by atoms with Crippen LogP contribution >= 0.6 is 45.2 Å². The summed E-state index contributed by atoms with van der Waals surface area (Å²) in [5.41, 5.74) is 0.805. The van der Waals surface area contributed by atoms with Gasteiger partial charge in [0, 0.05) is 6.04 Å². The van der Waals surface area contributed by atoms with Crippen molar-refractivity contribution in [2.45, 2.75) is 38.6 Å². The van der Waals surface area contributed by atoms with E-state index in [0.29, 0.717) is 12.4 Å². The first-order valence-electron chi connectivity index (χ1n) is 8.64. The predicted octanol–water partition coefficient (Wildman–Crippen LogP) is 3.80. The number of halogens is 2. The number of nitriles is 1. The van der Waals surface area contributed by atoms with Gasteiger partial charge in [-0.3, -0.25) is 4.79 Å². The lowest BCUT2D eigenvalue weighted by molar-refractivity contribution is -0.145. The molecule has 0 radical (unpaired) electrons. The summed E-state index contributed by atoms with van der Waals surface area (Å²) in [4.78, 5) is 23.8. The molecule has 0 atom stereocenters. The van der Waals surface area contributed by atoms with Gasteiger partial charge in [0.25, 0.3) is 5.91 Å². The third-order valence-corrected chi connectivity index (χ3v) is 5.63. The molecule has 1 aromatic carbocycles. The minimum Gasteiger partial charge on any atom is -0.480 e. The molecule has 0 heterocycles. The summed E-state index contributed by atoms with van der Waals surface area (Å²) in [5, 5.41) is 12.3. The first kappa shape index (κ1) is 21.9. The van der Waals surface area contributed by atoms with Crippen LogP contribution in [-0.4, -0.2) is 31.1 Å². The molecule has 1 aromatic rings. The van der Waals surface area contributed by atoms with Crippen LogP contribution in [0.3, 0.4) is 0 Å². The lowest BCUT2D eigenvalue weighted by Crippen LogP contribution is -2.33. The van der Waals surface area contributed by atoms with Crippen molar-refractivity contribution < 1.29 is 19.1 Å². The van der Waals surface area contributed by atoms with Crippen molar-refractivity contribution in [3.05, 3.63) is 30.4 Å². The number of ether oxygens (including phenoxy) is 2. The smallest absolute Gasteiger partial charge is 0.344 e. The van der Waals surface area contributed by atoms with Gasteiger partial charge in [-0.25, -0.2) is 4.79 Å². The molecule has 1 saturated carbocycles. The molecule has 0 spiro atoms. The summed E-state index contributed by atoms with van der Waals surface area (Å²) in [6.45, 7) is 1.88. The maximum absolute atomic E-state index is 12.3. The van der Waals surface area contributed by atoms with E-state index in [0.717, 1.165) is 38.4 Å². The minimum atomic E-state index is -0.427. The number of carbonyl (C=O) groups excluding carboxylic acids is 2. The van der Waals surface area contributed by atoms with Crippen LogP contribution in [0.4, 0.5) is 0 Å².